The summed E-state index contributed by atoms with van der Waals surface area (Å²) in [4.78, 5) is 20.8. The Balaban J connectivity index is 1.85. The molecule has 180 valence electrons. The number of hydrogen-bond donors (Lipinski definition) is 2. The Morgan fingerprint density at radius 2 is 2.00 bits per heavy atom. The lowest BCUT2D eigenvalue weighted by molar-refractivity contribution is -0.132. The van der Waals surface area contributed by atoms with Gasteiger partial charge in [0.15, 0.2) is 11.5 Å². The van der Waals surface area contributed by atoms with Crippen molar-refractivity contribution in [1.29, 1.82) is 0 Å². The zero-order chi connectivity index (χ0) is 23.8. The number of pyridine rings is 1. The van der Waals surface area contributed by atoms with E-state index >= 15 is 0 Å². The fraction of sp³-hybridized carbons (Fsp3) is 0.520. The number of aliphatic hydroxyl groups excluding tert-OH is 2. The second-order valence-electron chi connectivity index (χ2n) is 9.39. The second kappa shape index (κ2) is 11.4. The number of fused-ring (bicyclic) bond motifs is 2. The number of carbonyl (C=O) groups is 1. The lowest BCUT2D eigenvalue weighted by Gasteiger charge is -2.28. The van der Waals surface area contributed by atoms with E-state index in [0.717, 1.165) is 18.4 Å². The van der Waals surface area contributed by atoms with Crippen LogP contribution in [0.1, 0.15) is 32.3 Å². The summed E-state index contributed by atoms with van der Waals surface area (Å²) in [5.41, 5.74) is 0.820. The average Bonchev–Trinajstić information content (AvgIpc) is 2.79. The Morgan fingerprint density at radius 1 is 1.24 bits per heavy atom. The van der Waals surface area contributed by atoms with Gasteiger partial charge in [-0.3, -0.25) is 9.69 Å². The summed E-state index contributed by atoms with van der Waals surface area (Å²) in [6.45, 7) is 6.00. The molecule has 1 atom stereocenters. The number of aromatic nitrogens is 1. The van der Waals surface area contributed by atoms with Gasteiger partial charge in [-0.15, -0.1) is 0 Å². The molecule has 0 bridgehead atoms. The van der Waals surface area contributed by atoms with E-state index in [-0.39, 0.29) is 31.0 Å². The number of hydrogen-bond acceptors (Lipinski definition) is 7. The molecule has 2 aromatic rings. The van der Waals surface area contributed by atoms with Gasteiger partial charge in [0.1, 0.15) is 0 Å². The molecular formula is C25H35N3O5. The molecule has 1 amide bonds. The van der Waals surface area contributed by atoms with Gasteiger partial charge in [-0.1, -0.05) is 32.0 Å². The van der Waals surface area contributed by atoms with Crippen LogP contribution in [0.3, 0.4) is 0 Å². The third-order valence-electron chi connectivity index (χ3n) is 5.73. The van der Waals surface area contributed by atoms with Crippen LogP contribution >= 0.6 is 0 Å². The van der Waals surface area contributed by atoms with Crippen LogP contribution in [0.2, 0.25) is 0 Å². The Labute approximate surface area is 195 Å². The number of carbonyl (C=O) groups excluding carboxylic acids is 1. The van der Waals surface area contributed by atoms with E-state index in [1.54, 1.807) is 13.2 Å². The molecule has 8 nitrogen and oxygen atoms in total. The molecule has 1 unspecified atom stereocenters. The number of likely N-dealkylation sites (N-methyl/N-ethyl adjacent to an activating group) is 1. The molecule has 2 heterocycles. The summed E-state index contributed by atoms with van der Waals surface area (Å²) in [7, 11) is 1.64. The Morgan fingerprint density at radius 3 is 2.76 bits per heavy atom. The van der Waals surface area contributed by atoms with Gasteiger partial charge in [0.2, 0.25) is 11.8 Å². The zero-order valence-electron chi connectivity index (χ0n) is 19.7. The van der Waals surface area contributed by atoms with Crippen LogP contribution in [0.25, 0.3) is 0 Å². The highest BCUT2D eigenvalue weighted by molar-refractivity contribution is 5.78. The predicted octanol–water partition coefficient (Wildman–Crippen LogP) is 2.69. The van der Waals surface area contributed by atoms with Crippen molar-refractivity contribution in [3.63, 3.8) is 0 Å². The molecule has 0 spiro atoms. The van der Waals surface area contributed by atoms with Crippen LogP contribution in [0.15, 0.2) is 42.6 Å². The van der Waals surface area contributed by atoms with Gasteiger partial charge in [0, 0.05) is 31.9 Å². The summed E-state index contributed by atoms with van der Waals surface area (Å²) >= 11 is 0. The Bertz CT molecular complexity index is 920. The van der Waals surface area contributed by atoms with Crippen LogP contribution in [-0.2, 0) is 11.3 Å². The van der Waals surface area contributed by atoms with Crippen molar-refractivity contribution in [3.8, 4) is 17.4 Å². The summed E-state index contributed by atoms with van der Waals surface area (Å²) in [5.74, 6) is 1.64. The van der Waals surface area contributed by atoms with Crippen LogP contribution in [0, 0.1) is 5.41 Å². The molecule has 0 saturated carbocycles. The molecule has 1 aliphatic rings. The van der Waals surface area contributed by atoms with E-state index in [1.807, 2.05) is 36.4 Å². The summed E-state index contributed by atoms with van der Waals surface area (Å²) in [6, 6.07) is 11.4. The molecule has 1 aromatic carbocycles. The quantitative estimate of drug-likeness (QED) is 0.713. The molecule has 3 rings (SSSR count). The minimum atomic E-state index is -0.951. The second-order valence-corrected chi connectivity index (χ2v) is 9.39. The zero-order valence-corrected chi connectivity index (χ0v) is 19.7. The smallest absolute Gasteiger partial charge is 0.236 e. The van der Waals surface area contributed by atoms with Gasteiger partial charge < -0.3 is 24.6 Å². The van der Waals surface area contributed by atoms with Gasteiger partial charge in [-0.2, -0.15) is 0 Å². The van der Waals surface area contributed by atoms with Crippen molar-refractivity contribution in [3.05, 3.63) is 48.2 Å². The molecule has 8 heteroatoms. The molecule has 0 radical (unpaired) electrons. The first-order valence-electron chi connectivity index (χ1n) is 11.4. The van der Waals surface area contributed by atoms with Crippen LogP contribution < -0.4 is 9.47 Å². The SMILES string of the molecule is CN(CC(O)CO)C(=O)CN1CCCC(C)(C)COc2ccccc2Oc2ncccc2C1. The van der Waals surface area contributed by atoms with Crippen molar-refractivity contribution in [1.82, 2.24) is 14.8 Å². The standard InChI is InChI=1S/C25H35N3O5/c1-25(2)11-7-13-28(16-23(31)27(3)15-20(30)17-29)14-19-8-6-12-26-24(19)33-22-10-5-4-9-21(22)32-18-25/h4-6,8-10,12,20,29-30H,7,11,13-18H2,1-3H3. The maximum atomic E-state index is 12.8. The number of rotatable bonds is 5. The van der Waals surface area contributed by atoms with E-state index in [1.165, 1.54) is 4.90 Å². The van der Waals surface area contributed by atoms with Gasteiger partial charge in [0.05, 0.1) is 25.9 Å². The maximum absolute atomic E-state index is 12.8. The highest BCUT2D eigenvalue weighted by Crippen LogP contribution is 2.34. The Hall–Kier alpha value is -2.68. The number of nitrogens with zero attached hydrogens (tertiary/aromatic N) is 3. The summed E-state index contributed by atoms with van der Waals surface area (Å²) in [5, 5.41) is 18.8. The number of aliphatic hydroxyl groups is 2. The van der Waals surface area contributed by atoms with Crippen LogP contribution in [0.5, 0.6) is 17.4 Å². The van der Waals surface area contributed by atoms with Crippen LogP contribution in [0.4, 0.5) is 0 Å². The summed E-state index contributed by atoms with van der Waals surface area (Å²) < 4.78 is 12.3. The summed E-state index contributed by atoms with van der Waals surface area (Å²) in [6.07, 6.45) is 2.56. The number of amides is 1. The Kier molecular flexibility index (Phi) is 8.66. The van der Waals surface area contributed by atoms with E-state index in [0.29, 0.717) is 37.1 Å². The maximum Gasteiger partial charge on any atom is 0.236 e. The van der Waals surface area contributed by atoms with Crippen molar-refractivity contribution in [2.24, 2.45) is 5.41 Å². The first-order chi connectivity index (χ1) is 15.8. The van der Waals surface area contributed by atoms with Gasteiger partial charge >= 0.3 is 0 Å². The van der Waals surface area contributed by atoms with Crippen LogP contribution in [-0.4, -0.2) is 76.9 Å². The lowest BCUT2D eigenvalue weighted by Crippen LogP contribution is -2.42. The third kappa shape index (κ3) is 7.42. The molecule has 0 aliphatic carbocycles. The first-order valence-corrected chi connectivity index (χ1v) is 11.4. The minimum Gasteiger partial charge on any atom is -0.489 e. The average molecular weight is 458 g/mol. The number of benzene rings is 1. The number of para-hydroxylation sites is 2. The van der Waals surface area contributed by atoms with Crippen molar-refractivity contribution in [2.75, 3.05) is 39.9 Å². The molecule has 0 saturated heterocycles. The van der Waals surface area contributed by atoms with Crippen molar-refractivity contribution in [2.45, 2.75) is 39.3 Å². The molecular weight excluding hydrogens is 422 g/mol. The lowest BCUT2D eigenvalue weighted by atomic mass is 9.88. The molecule has 2 N–H and O–H groups in total. The van der Waals surface area contributed by atoms with Gasteiger partial charge in [0.25, 0.3) is 0 Å². The highest BCUT2D eigenvalue weighted by Gasteiger charge is 2.24. The van der Waals surface area contributed by atoms with Gasteiger partial charge in [-0.05, 0) is 43.0 Å². The first kappa shape index (κ1) is 25.0. The molecule has 1 aromatic heterocycles. The van der Waals surface area contributed by atoms with E-state index in [2.05, 4.69) is 23.7 Å². The monoisotopic (exact) mass is 457 g/mol. The fourth-order valence-electron chi connectivity index (χ4n) is 3.76. The van der Waals surface area contributed by atoms with E-state index in [9.17, 15) is 9.90 Å². The highest BCUT2D eigenvalue weighted by atomic mass is 16.5. The van der Waals surface area contributed by atoms with Crippen molar-refractivity contribution >= 4 is 5.91 Å². The van der Waals surface area contributed by atoms with E-state index in [4.69, 9.17) is 14.6 Å². The third-order valence-corrected chi connectivity index (χ3v) is 5.73. The number of ether oxygens (including phenoxy) is 2. The largest absolute Gasteiger partial charge is 0.489 e. The molecule has 33 heavy (non-hydrogen) atoms. The normalized spacial score (nSPS) is 17.6. The fourth-order valence-corrected chi connectivity index (χ4v) is 3.76. The van der Waals surface area contributed by atoms with E-state index < -0.39 is 6.10 Å². The van der Waals surface area contributed by atoms with Crippen molar-refractivity contribution < 1.29 is 24.5 Å². The molecule has 0 fully saturated rings. The predicted molar refractivity (Wildman–Crippen MR) is 125 cm³/mol. The molecule has 1 aliphatic heterocycles. The minimum absolute atomic E-state index is 0.0516. The topological polar surface area (TPSA) is 95.4 Å². The van der Waals surface area contributed by atoms with Gasteiger partial charge in [-0.25, -0.2) is 4.98 Å².